The minimum atomic E-state index is -0.327. The topological polar surface area (TPSA) is 57.7 Å². The lowest BCUT2D eigenvalue weighted by atomic mass is 10.3. The maximum absolute atomic E-state index is 10.6. The second-order valence-corrected chi connectivity index (χ2v) is 3.10. The highest BCUT2D eigenvalue weighted by Crippen LogP contribution is 2.29. The molecule has 1 aliphatic rings. The van der Waals surface area contributed by atoms with Gasteiger partial charge < -0.3 is 14.2 Å². The van der Waals surface area contributed by atoms with Gasteiger partial charge in [0.25, 0.3) is 0 Å². The molecule has 0 fully saturated rings. The van der Waals surface area contributed by atoms with E-state index in [2.05, 4.69) is 4.98 Å². The summed E-state index contributed by atoms with van der Waals surface area (Å²) in [5.74, 6) is 0.956. The summed E-state index contributed by atoms with van der Waals surface area (Å²) in [5.41, 5.74) is 0.648. The highest BCUT2D eigenvalue weighted by molar-refractivity contribution is 5.65. The van der Waals surface area contributed by atoms with E-state index in [1.54, 1.807) is 12.3 Å². The lowest BCUT2D eigenvalue weighted by Gasteiger charge is -2.18. The fourth-order valence-corrected chi connectivity index (χ4v) is 1.24. The normalized spacial score (nSPS) is 13.4. The van der Waals surface area contributed by atoms with Gasteiger partial charge >= 0.3 is 5.97 Å². The third-order valence-electron chi connectivity index (χ3n) is 1.91. The van der Waals surface area contributed by atoms with Crippen molar-refractivity contribution in [1.29, 1.82) is 0 Å². The van der Waals surface area contributed by atoms with E-state index in [4.69, 9.17) is 14.2 Å². The van der Waals surface area contributed by atoms with Crippen molar-refractivity contribution in [3.8, 4) is 11.5 Å². The van der Waals surface area contributed by atoms with Crippen LogP contribution in [0.15, 0.2) is 12.3 Å². The van der Waals surface area contributed by atoms with E-state index in [9.17, 15) is 4.79 Å². The van der Waals surface area contributed by atoms with Crippen molar-refractivity contribution in [3.63, 3.8) is 0 Å². The maximum atomic E-state index is 10.6. The maximum Gasteiger partial charge on any atom is 0.303 e. The molecule has 0 atom stereocenters. The Kier molecular flexibility index (Phi) is 2.71. The van der Waals surface area contributed by atoms with Crippen LogP contribution in [0.1, 0.15) is 12.6 Å². The van der Waals surface area contributed by atoms with E-state index in [1.165, 1.54) is 6.92 Å². The summed E-state index contributed by atoms with van der Waals surface area (Å²) in [4.78, 5) is 14.7. The number of nitrogens with zero attached hydrogens (tertiary/aromatic N) is 1. The van der Waals surface area contributed by atoms with Crippen molar-refractivity contribution in [2.75, 3.05) is 13.2 Å². The summed E-state index contributed by atoms with van der Waals surface area (Å²) in [6, 6.07) is 1.72. The standard InChI is InChI=1S/C10H11NO4/c1-7(12)15-6-8-4-9-10(5-11-8)14-3-2-13-9/h4-5H,2-3,6H2,1H3. The smallest absolute Gasteiger partial charge is 0.303 e. The summed E-state index contributed by atoms with van der Waals surface area (Å²) in [6.45, 7) is 2.59. The molecule has 1 aliphatic heterocycles. The molecule has 2 rings (SSSR count). The number of carbonyl (C=O) groups is 1. The van der Waals surface area contributed by atoms with E-state index in [0.29, 0.717) is 30.4 Å². The highest BCUT2D eigenvalue weighted by atomic mass is 16.6. The number of fused-ring (bicyclic) bond motifs is 1. The molecule has 80 valence electrons. The SMILES string of the molecule is CC(=O)OCc1cc2c(cn1)OCCO2. The molecule has 0 bridgehead atoms. The second kappa shape index (κ2) is 4.16. The van der Waals surface area contributed by atoms with Crippen LogP contribution in [0.4, 0.5) is 0 Å². The lowest BCUT2D eigenvalue weighted by molar-refractivity contribution is -0.142. The van der Waals surface area contributed by atoms with E-state index >= 15 is 0 Å². The number of ether oxygens (including phenoxy) is 3. The van der Waals surface area contributed by atoms with Crippen molar-refractivity contribution < 1.29 is 19.0 Å². The van der Waals surface area contributed by atoms with Gasteiger partial charge in [0.15, 0.2) is 11.5 Å². The summed E-state index contributed by atoms with van der Waals surface area (Å²) < 4.78 is 15.5. The van der Waals surface area contributed by atoms with Gasteiger partial charge in [-0.2, -0.15) is 0 Å². The number of hydrogen-bond donors (Lipinski definition) is 0. The van der Waals surface area contributed by atoms with Crippen molar-refractivity contribution in [1.82, 2.24) is 4.98 Å². The molecule has 15 heavy (non-hydrogen) atoms. The molecular weight excluding hydrogens is 198 g/mol. The molecule has 0 aliphatic carbocycles. The van der Waals surface area contributed by atoms with Gasteiger partial charge in [-0.05, 0) is 0 Å². The van der Waals surface area contributed by atoms with Crippen molar-refractivity contribution in [2.45, 2.75) is 13.5 Å². The lowest BCUT2D eigenvalue weighted by Crippen LogP contribution is -2.16. The zero-order valence-corrected chi connectivity index (χ0v) is 8.36. The van der Waals surface area contributed by atoms with Gasteiger partial charge in [0.05, 0.1) is 11.9 Å². The molecule has 1 aromatic rings. The Balaban J connectivity index is 2.10. The number of aromatic nitrogens is 1. The summed E-state index contributed by atoms with van der Waals surface area (Å²) in [7, 11) is 0. The first-order chi connectivity index (χ1) is 7.25. The predicted molar refractivity (Wildman–Crippen MR) is 50.7 cm³/mol. The molecule has 5 heteroatoms. The molecule has 2 heterocycles. The Morgan fingerprint density at radius 3 is 2.93 bits per heavy atom. The summed E-state index contributed by atoms with van der Waals surface area (Å²) in [5, 5.41) is 0. The van der Waals surface area contributed by atoms with Crippen LogP contribution in [-0.2, 0) is 16.1 Å². The zero-order chi connectivity index (χ0) is 10.7. The van der Waals surface area contributed by atoms with Crippen molar-refractivity contribution >= 4 is 5.97 Å². The number of esters is 1. The molecule has 0 radical (unpaired) electrons. The predicted octanol–water partition coefficient (Wildman–Crippen LogP) is 0.916. The van der Waals surface area contributed by atoms with Crippen LogP contribution in [0.2, 0.25) is 0 Å². The van der Waals surface area contributed by atoms with Crippen LogP contribution in [0.5, 0.6) is 11.5 Å². The van der Waals surface area contributed by atoms with Crippen LogP contribution in [-0.4, -0.2) is 24.2 Å². The Bertz CT molecular complexity index is 378. The van der Waals surface area contributed by atoms with Gasteiger partial charge in [-0.25, -0.2) is 0 Å². The van der Waals surface area contributed by atoms with E-state index < -0.39 is 0 Å². The minimum Gasteiger partial charge on any atom is -0.486 e. The van der Waals surface area contributed by atoms with E-state index in [0.717, 1.165) is 0 Å². The zero-order valence-electron chi connectivity index (χ0n) is 8.36. The number of pyridine rings is 1. The quantitative estimate of drug-likeness (QED) is 0.678. The van der Waals surface area contributed by atoms with Crippen molar-refractivity contribution in [2.24, 2.45) is 0 Å². The monoisotopic (exact) mass is 209 g/mol. The average molecular weight is 209 g/mol. The first-order valence-corrected chi connectivity index (χ1v) is 4.63. The van der Waals surface area contributed by atoms with Gasteiger partial charge in [-0.15, -0.1) is 0 Å². The van der Waals surface area contributed by atoms with Gasteiger partial charge in [-0.1, -0.05) is 0 Å². The van der Waals surface area contributed by atoms with Gasteiger partial charge in [0.2, 0.25) is 0 Å². The Morgan fingerprint density at radius 1 is 1.47 bits per heavy atom. The minimum absolute atomic E-state index is 0.159. The number of carbonyl (C=O) groups excluding carboxylic acids is 1. The fourth-order valence-electron chi connectivity index (χ4n) is 1.24. The van der Waals surface area contributed by atoms with Crippen LogP contribution >= 0.6 is 0 Å². The fraction of sp³-hybridized carbons (Fsp3) is 0.400. The highest BCUT2D eigenvalue weighted by Gasteiger charge is 2.12. The van der Waals surface area contributed by atoms with Crippen LogP contribution < -0.4 is 9.47 Å². The third kappa shape index (κ3) is 2.37. The summed E-state index contributed by atoms with van der Waals surface area (Å²) in [6.07, 6.45) is 1.58. The van der Waals surface area contributed by atoms with E-state index in [1.807, 2.05) is 0 Å². The van der Waals surface area contributed by atoms with Crippen LogP contribution in [0.3, 0.4) is 0 Å². The van der Waals surface area contributed by atoms with Crippen LogP contribution in [0, 0.1) is 0 Å². The van der Waals surface area contributed by atoms with Gasteiger partial charge in [-0.3, -0.25) is 9.78 Å². The molecule has 5 nitrogen and oxygen atoms in total. The Morgan fingerprint density at radius 2 is 2.20 bits per heavy atom. The molecule has 0 saturated carbocycles. The molecule has 0 spiro atoms. The molecule has 0 N–H and O–H groups in total. The van der Waals surface area contributed by atoms with E-state index in [-0.39, 0.29) is 12.6 Å². The molecule has 0 aromatic carbocycles. The van der Waals surface area contributed by atoms with Crippen LogP contribution in [0.25, 0.3) is 0 Å². The number of rotatable bonds is 2. The second-order valence-electron chi connectivity index (χ2n) is 3.10. The molecule has 0 unspecified atom stereocenters. The van der Waals surface area contributed by atoms with Gasteiger partial charge in [0, 0.05) is 13.0 Å². The molecule has 0 saturated heterocycles. The Labute approximate surface area is 87.0 Å². The van der Waals surface area contributed by atoms with Crippen molar-refractivity contribution in [3.05, 3.63) is 18.0 Å². The third-order valence-corrected chi connectivity index (χ3v) is 1.91. The molecule has 0 amide bonds. The Hall–Kier alpha value is -1.78. The molecule has 1 aromatic heterocycles. The number of hydrogen-bond acceptors (Lipinski definition) is 5. The first kappa shape index (κ1) is 9.76. The average Bonchev–Trinajstić information content (AvgIpc) is 2.26. The summed E-state index contributed by atoms with van der Waals surface area (Å²) >= 11 is 0. The van der Waals surface area contributed by atoms with Gasteiger partial charge in [0.1, 0.15) is 19.8 Å². The largest absolute Gasteiger partial charge is 0.486 e. The molecular formula is C10H11NO4. The first-order valence-electron chi connectivity index (χ1n) is 4.63.